The molecule has 4 amide bonds. The average Bonchev–Trinajstić information content (AvgIpc) is 2.87. The molecule has 3 rings (SSSR count). The van der Waals surface area contributed by atoms with Gasteiger partial charge in [-0.05, 0) is 44.4 Å². The van der Waals surface area contributed by atoms with Crippen molar-refractivity contribution in [1.82, 2.24) is 15.1 Å². The number of amides is 4. The molecule has 0 bridgehead atoms. The van der Waals surface area contributed by atoms with Crippen LogP contribution in [0.1, 0.15) is 55.1 Å². The minimum atomic E-state index is -1.01. The molecule has 144 valence electrons. The van der Waals surface area contributed by atoms with Crippen LogP contribution in [-0.2, 0) is 22.7 Å². The molecule has 1 saturated heterocycles. The number of imide groups is 1. The van der Waals surface area contributed by atoms with Crippen molar-refractivity contribution < 1.29 is 24.3 Å². The van der Waals surface area contributed by atoms with Crippen molar-refractivity contribution in [3.05, 3.63) is 34.9 Å². The fraction of sp³-hybridized carbons (Fsp3) is 0.474. The first-order valence-corrected chi connectivity index (χ1v) is 8.85. The van der Waals surface area contributed by atoms with Crippen molar-refractivity contribution in [3.63, 3.8) is 0 Å². The van der Waals surface area contributed by atoms with Crippen LogP contribution >= 0.6 is 0 Å². The summed E-state index contributed by atoms with van der Waals surface area (Å²) in [6.07, 6.45) is -0.487. The number of carboxylic acid groups (broad SMARTS) is 1. The van der Waals surface area contributed by atoms with Crippen LogP contribution in [0.5, 0.6) is 0 Å². The van der Waals surface area contributed by atoms with Crippen LogP contribution in [0, 0.1) is 0 Å². The first-order chi connectivity index (χ1) is 12.6. The minimum absolute atomic E-state index is 0.207. The van der Waals surface area contributed by atoms with Gasteiger partial charge in [0.25, 0.3) is 5.91 Å². The quantitative estimate of drug-likeness (QED) is 0.785. The highest BCUT2D eigenvalue weighted by Crippen LogP contribution is 2.29. The number of rotatable bonds is 3. The van der Waals surface area contributed by atoms with E-state index in [1.165, 1.54) is 9.80 Å². The van der Waals surface area contributed by atoms with Crippen molar-refractivity contribution in [2.75, 3.05) is 0 Å². The Kier molecular flexibility index (Phi) is 4.67. The molecule has 2 N–H and O–H groups in total. The predicted octanol–water partition coefficient (Wildman–Crippen LogP) is 1.73. The standard InChI is InChI=1S/C19H23N3O5/c1-19(2,3)22(18(26)27)9-11-4-5-13-12(8-11)10-21(17(13)25)14-6-7-15(23)20-16(14)24/h4-5,8,14H,6-7,9-10H2,1-3H3,(H,26,27)(H,20,23,24). The Labute approximate surface area is 157 Å². The van der Waals surface area contributed by atoms with Gasteiger partial charge in [0, 0.05) is 30.6 Å². The summed E-state index contributed by atoms with van der Waals surface area (Å²) in [6.45, 7) is 5.95. The van der Waals surface area contributed by atoms with Crippen LogP contribution in [0.3, 0.4) is 0 Å². The van der Waals surface area contributed by atoms with Crippen molar-refractivity contribution >= 4 is 23.8 Å². The van der Waals surface area contributed by atoms with Crippen LogP contribution in [0.15, 0.2) is 18.2 Å². The molecule has 0 saturated carbocycles. The first-order valence-electron chi connectivity index (χ1n) is 8.85. The average molecular weight is 373 g/mol. The lowest BCUT2D eigenvalue weighted by molar-refractivity contribution is -0.136. The Morgan fingerprint density at radius 1 is 1.30 bits per heavy atom. The van der Waals surface area contributed by atoms with E-state index in [9.17, 15) is 24.3 Å². The number of nitrogens with one attached hydrogen (secondary N) is 1. The number of piperidine rings is 1. The van der Waals surface area contributed by atoms with E-state index < -0.39 is 23.6 Å². The second-order valence-electron chi connectivity index (χ2n) is 7.93. The third-order valence-electron chi connectivity index (χ3n) is 4.97. The molecular formula is C19H23N3O5. The maximum absolute atomic E-state index is 12.7. The fourth-order valence-corrected chi connectivity index (χ4v) is 3.50. The number of hydrogen-bond donors (Lipinski definition) is 2. The summed E-state index contributed by atoms with van der Waals surface area (Å²) >= 11 is 0. The molecule has 1 aromatic carbocycles. The van der Waals surface area contributed by atoms with E-state index in [1.54, 1.807) is 12.1 Å². The maximum atomic E-state index is 12.7. The van der Waals surface area contributed by atoms with Crippen LogP contribution in [0.4, 0.5) is 4.79 Å². The van der Waals surface area contributed by atoms with Gasteiger partial charge in [0.1, 0.15) is 6.04 Å². The van der Waals surface area contributed by atoms with Crippen LogP contribution in [-0.4, -0.2) is 50.3 Å². The molecule has 27 heavy (non-hydrogen) atoms. The number of carbonyl (C=O) groups excluding carboxylic acids is 3. The van der Waals surface area contributed by atoms with Gasteiger partial charge in [0.15, 0.2) is 0 Å². The van der Waals surface area contributed by atoms with Gasteiger partial charge in [-0.25, -0.2) is 4.79 Å². The van der Waals surface area contributed by atoms with Gasteiger partial charge in [0.05, 0.1) is 0 Å². The Morgan fingerprint density at radius 3 is 2.59 bits per heavy atom. The predicted molar refractivity (Wildman–Crippen MR) is 95.8 cm³/mol. The third kappa shape index (κ3) is 3.65. The second-order valence-corrected chi connectivity index (χ2v) is 7.93. The molecule has 2 aliphatic heterocycles. The summed E-state index contributed by atoms with van der Waals surface area (Å²) in [5.41, 5.74) is 1.51. The zero-order valence-corrected chi connectivity index (χ0v) is 15.6. The highest BCUT2D eigenvalue weighted by atomic mass is 16.4. The first kappa shape index (κ1) is 18.9. The summed E-state index contributed by atoms with van der Waals surface area (Å²) in [6, 6.07) is 4.59. The second kappa shape index (κ2) is 6.68. The van der Waals surface area contributed by atoms with E-state index in [-0.39, 0.29) is 31.3 Å². The van der Waals surface area contributed by atoms with Crippen molar-refractivity contribution in [2.24, 2.45) is 0 Å². The van der Waals surface area contributed by atoms with Gasteiger partial charge in [-0.1, -0.05) is 12.1 Å². The number of nitrogens with zero attached hydrogens (tertiary/aromatic N) is 2. The van der Waals surface area contributed by atoms with E-state index in [0.29, 0.717) is 12.0 Å². The molecule has 8 heteroatoms. The topological polar surface area (TPSA) is 107 Å². The van der Waals surface area contributed by atoms with Crippen LogP contribution < -0.4 is 5.32 Å². The molecular weight excluding hydrogens is 350 g/mol. The van der Waals surface area contributed by atoms with Crippen molar-refractivity contribution in [2.45, 2.75) is 58.3 Å². The van der Waals surface area contributed by atoms with Crippen LogP contribution in [0.25, 0.3) is 0 Å². The third-order valence-corrected chi connectivity index (χ3v) is 4.97. The molecule has 0 spiro atoms. The molecule has 1 atom stereocenters. The summed E-state index contributed by atoms with van der Waals surface area (Å²) in [5, 5.41) is 11.7. The monoisotopic (exact) mass is 373 g/mol. The summed E-state index contributed by atoms with van der Waals surface area (Å²) in [7, 11) is 0. The minimum Gasteiger partial charge on any atom is -0.465 e. The van der Waals surface area contributed by atoms with E-state index in [2.05, 4.69) is 5.32 Å². The van der Waals surface area contributed by atoms with E-state index in [4.69, 9.17) is 0 Å². The van der Waals surface area contributed by atoms with Gasteiger partial charge < -0.3 is 10.0 Å². The Bertz CT molecular complexity index is 827. The van der Waals surface area contributed by atoms with E-state index >= 15 is 0 Å². The Morgan fingerprint density at radius 2 is 2.00 bits per heavy atom. The lowest BCUT2D eigenvalue weighted by Gasteiger charge is -2.33. The molecule has 1 fully saturated rings. The summed E-state index contributed by atoms with van der Waals surface area (Å²) in [5.74, 6) is -1.01. The van der Waals surface area contributed by atoms with Crippen molar-refractivity contribution in [1.29, 1.82) is 0 Å². The molecule has 0 radical (unpaired) electrons. The molecule has 2 heterocycles. The highest BCUT2D eigenvalue weighted by molar-refractivity contribution is 6.05. The summed E-state index contributed by atoms with van der Waals surface area (Å²) in [4.78, 5) is 50.5. The number of benzene rings is 1. The number of fused-ring (bicyclic) bond motifs is 1. The SMILES string of the molecule is CC(C)(C)N(Cc1ccc2c(c1)CN(C1CCC(=O)NC1=O)C2=O)C(=O)O. The lowest BCUT2D eigenvalue weighted by Crippen LogP contribution is -2.52. The highest BCUT2D eigenvalue weighted by Gasteiger charge is 2.39. The molecule has 8 nitrogen and oxygen atoms in total. The van der Waals surface area contributed by atoms with Gasteiger partial charge in [-0.2, -0.15) is 0 Å². The number of carbonyl (C=O) groups is 4. The Balaban J connectivity index is 1.80. The smallest absolute Gasteiger partial charge is 0.408 e. The van der Waals surface area contributed by atoms with E-state index in [1.807, 2.05) is 26.8 Å². The Hall–Kier alpha value is -2.90. The molecule has 1 unspecified atom stereocenters. The molecule has 2 aliphatic rings. The zero-order chi connectivity index (χ0) is 19.9. The fourth-order valence-electron chi connectivity index (χ4n) is 3.50. The van der Waals surface area contributed by atoms with Gasteiger partial charge in [0.2, 0.25) is 11.8 Å². The molecule has 0 aromatic heterocycles. The van der Waals surface area contributed by atoms with Gasteiger partial charge >= 0.3 is 6.09 Å². The van der Waals surface area contributed by atoms with Crippen LogP contribution in [0.2, 0.25) is 0 Å². The zero-order valence-electron chi connectivity index (χ0n) is 15.6. The maximum Gasteiger partial charge on any atom is 0.408 e. The van der Waals surface area contributed by atoms with Gasteiger partial charge in [-0.15, -0.1) is 0 Å². The molecule has 1 aromatic rings. The summed E-state index contributed by atoms with van der Waals surface area (Å²) < 4.78 is 0. The number of hydrogen-bond acceptors (Lipinski definition) is 4. The molecule has 0 aliphatic carbocycles. The normalized spacial score (nSPS) is 19.7. The largest absolute Gasteiger partial charge is 0.465 e. The van der Waals surface area contributed by atoms with Gasteiger partial charge in [-0.3, -0.25) is 24.6 Å². The van der Waals surface area contributed by atoms with Crippen molar-refractivity contribution in [3.8, 4) is 0 Å². The lowest BCUT2D eigenvalue weighted by atomic mass is 10.0. The van der Waals surface area contributed by atoms with E-state index in [0.717, 1.165) is 11.1 Å².